The summed E-state index contributed by atoms with van der Waals surface area (Å²) in [6, 6.07) is 15.2. The number of carbonyl (C=O) groups excluding carboxylic acids is 1. The number of halogens is 1. The van der Waals surface area contributed by atoms with Gasteiger partial charge < -0.3 is 10.1 Å². The number of amides is 1. The summed E-state index contributed by atoms with van der Waals surface area (Å²) >= 11 is 6.16. The van der Waals surface area contributed by atoms with Gasteiger partial charge in [0.05, 0.1) is 7.11 Å². The lowest BCUT2D eigenvalue weighted by atomic mass is 10.1. The molecule has 4 nitrogen and oxygen atoms in total. The average molecular weight is 341 g/mol. The Morgan fingerprint density at radius 3 is 2.67 bits per heavy atom. The highest BCUT2D eigenvalue weighted by Crippen LogP contribution is 2.23. The van der Waals surface area contributed by atoms with Crippen molar-refractivity contribution in [3.05, 3.63) is 70.4 Å². The molecule has 24 heavy (non-hydrogen) atoms. The van der Waals surface area contributed by atoms with Crippen molar-refractivity contribution in [3.63, 3.8) is 0 Å². The first-order valence-electron chi connectivity index (χ1n) is 7.64. The van der Waals surface area contributed by atoms with Crippen LogP contribution in [0.3, 0.4) is 0 Å². The number of hydrogen-bond acceptors (Lipinski definition) is 3. The predicted molar refractivity (Wildman–Crippen MR) is 96.3 cm³/mol. The molecule has 0 aromatic heterocycles. The SMILES string of the molecule is COc1ccccc1/C=C1\N=C(CCc2ccccc2Cl)NC1=O. The van der Waals surface area contributed by atoms with Gasteiger partial charge in [0.15, 0.2) is 0 Å². The number of aliphatic imine (C=N–C) groups is 1. The molecule has 0 spiro atoms. The Labute approximate surface area is 145 Å². The Kier molecular flexibility index (Phi) is 4.96. The fourth-order valence-electron chi connectivity index (χ4n) is 2.52. The fraction of sp³-hybridized carbons (Fsp3) is 0.158. The van der Waals surface area contributed by atoms with Gasteiger partial charge in [0.25, 0.3) is 5.91 Å². The lowest BCUT2D eigenvalue weighted by molar-refractivity contribution is -0.115. The zero-order chi connectivity index (χ0) is 16.9. The molecule has 0 saturated carbocycles. The number of aryl methyl sites for hydroxylation is 1. The van der Waals surface area contributed by atoms with Crippen molar-refractivity contribution in [2.45, 2.75) is 12.8 Å². The molecule has 0 aliphatic carbocycles. The van der Waals surface area contributed by atoms with E-state index in [1.165, 1.54) is 0 Å². The second kappa shape index (κ2) is 7.32. The second-order valence-corrected chi connectivity index (χ2v) is 5.78. The van der Waals surface area contributed by atoms with Crippen LogP contribution in [0.4, 0.5) is 0 Å². The normalized spacial score (nSPS) is 15.3. The minimum atomic E-state index is -0.199. The standard InChI is InChI=1S/C19H17ClN2O2/c1-24-17-9-5-3-7-14(17)12-16-19(23)22-18(21-16)11-10-13-6-2-4-8-15(13)20/h2-9,12H,10-11H2,1H3,(H,21,22,23)/b16-12-. The van der Waals surface area contributed by atoms with Crippen molar-refractivity contribution in [3.8, 4) is 5.75 Å². The summed E-state index contributed by atoms with van der Waals surface area (Å²) in [7, 11) is 1.60. The maximum absolute atomic E-state index is 12.1. The van der Waals surface area contributed by atoms with Crippen molar-refractivity contribution < 1.29 is 9.53 Å². The quantitative estimate of drug-likeness (QED) is 0.840. The number of para-hydroxylation sites is 1. The zero-order valence-corrected chi connectivity index (χ0v) is 14.0. The van der Waals surface area contributed by atoms with E-state index in [4.69, 9.17) is 16.3 Å². The smallest absolute Gasteiger partial charge is 0.275 e. The molecule has 3 rings (SSSR count). The van der Waals surface area contributed by atoms with Crippen LogP contribution in [0, 0.1) is 0 Å². The second-order valence-electron chi connectivity index (χ2n) is 5.38. The molecule has 0 unspecified atom stereocenters. The summed E-state index contributed by atoms with van der Waals surface area (Å²) in [4.78, 5) is 16.5. The van der Waals surface area contributed by atoms with Gasteiger partial charge in [-0.1, -0.05) is 48.0 Å². The van der Waals surface area contributed by atoms with E-state index in [2.05, 4.69) is 10.3 Å². The number of carbonyl (C=O) groups is 1. The van der Waals surface area contributed by atoms with Gasteiger partial charge in [-0.25, -0.2) is 4.99 Å². The van der Waals surface area contributed by atoms with Crippen molar-refractivity contribution in [1.82, 2.24) is 5.32 Å². The van der Waals surface area contributed by atoms with E-state index in [1.807, 2.05) is 48.5 Å². The summed E-state index contributed by atoms with van der Waals surface area (Å²) < 4.78 is 5.30. The van der Waals surface area contributed by atoms with Gasteiger partial charge in [0, 0.05) is 17.0 Å². The highest BCUT2D eigenvalue weighted by Gasteiger charge is 2.20. The van der Waals surface area contributed by atoms with Crippen LogP contribution in [0.25, 0.3) is 6.08 Å². The van der Waals surface area contributed by atoms with Gasteiger partial charge in [-0.3, -0.25) is 4.79 Å². The van der Waals surface area contributed by atoms with Crippen LogP contribution in [0.1, 0.15) is 17.5 Å². The van der Waals surface area contributed by atoms with Gasteiger partial charge in [-0.05, 0) is 30.2 Å². The molecule has 1 amide bonds. The number of nitrogens with one attached hydrogen (secondary N) is 1. The van der Waals surface area contributed by atoms with Gasteiger partial charge >= 0.3 is 0 Å². The lowest BCUT2D eigenvalue weighted by Gasteiger charge is -2.03. The van der Waals surface area contributed by atoms with E-state index in [9.17, 15) is 4.79 Å². The van der Waals surface area contributed by atoms with E-state index in [0.717, 1.165) is 22.6 Å². The Balaban J connectivity index is 1.76. The fourth-order valence-corrected chi connectivity index (χ4v) is 2.75. The molecule has 5 heteroatoms. The third-order valence-electron chi connectivity index (χ3n) is 3.77. The maximum Gasteiger partial charge on any atom is 0.275 e. The van der Waals surface area contributed by atoms with Crippen LogP contribution in [0.15, 0.2) is 59.2 Å². The Morgan fingerprint density at radius 1 is 1.12 bits per heavy atom. The van der Waals surface area contributed by atoms with Crippen LogP contribution in [-0.2, 0) is 11.2 Å². The van der Waals surface area contributed by atoms with Crippen molar-refractivity contribution in [2.75, 3.05) is 7.11 Å². The first-order valence-corrected chi connectivity index (χ1v) is 8.02. The summed E-state index contributed by atoms with van der Waals surface area (Å²) in [6.07, 6.45) is 3.08. The maximum atomic E-state index is 12.1. The van der Waals surface area contributed by atoms with Crippen LogP contribution in [0.2, 0.25) is 5.02 Å². The largest absolute Gasteiger partial charge is 0.496 e. The highest BCUT2D eigenvalue weighted by molar-refractivity contribution is 6.31. The number of methoxy groups -OCH3 is 1. The zero-order valence-electron chi connectivity index (χ0n) is 13.3. The molecule has 0 radical (unpaired) electrons. The van der Waals surface area contributed by atoms with E-state index in [1.54, 1.807) is 13.2 Å². The van der Waals surface area contributed by atoms with Crippen molar-refractivity contribution in [2.24, 2.45) is 4.99 Å². The van der Waals surface area contributed by atoms with Crippen LogP contribution >= 0.6 is 11.6 Å². The topological polar surface area (TPSA) is 50.7 Å². The molecule has 1 aliphatic heterocycles. The van der Waals surface area contributed by atoms with E-state index in [-0.39, 0.29) is 5.91 Å². The molecule has 1 heterocycles. The Morgan fingerprint density at radius 2 is 1.88 bits per heavy atom. The van der Waals surface area contributed by atoms with Gasteiger partial charge in [-0.15, -0.1) is 0 Å². The first kappa shape index (κ1) is 16.3. The number of rotatable bonds is 5. The van der Waals surface area contributed by atoms with E-state index < -0.39 is 0 Å². The molecule has 122 valence electrons. The van der Waals surface area contributed by atoms with Crippen molar-refractivity contribution in [1.29, 1.82) is 0 Å². The summed E-state index contributed by atoms with van der Waals surface area (Å²) in [5.74, 6) is 1.16. The Hall–Kier alpha value is -2.59. The minimum absolute atomic E-state index is 0.199. The summed E-state index contributed by atoms with van der Waals surface area (Å²) in [5.41, 5.74) is 2.24. The molecular formula is C19H17ClN2O2. The van der Waals surface area contributed by atoms with Gasteiger partial charge in [0.2, 0.25) is 0 Å². The summed E-state index contributed by atoms with van der Waals surface area (Å²) in [5, 5.41) is 3.54. The van der Waals surface area contributed by atoms with Crippen molar-refractivity contribution >= 4 is 29.4 Å². The van der Waals surface area contributed by atoms with E-state index in [0.29, 0.717) is 23.7 Å². The number of benzene rings is 2. The van der Waals surface area contributed by atoms with Gasteiger partial charge in [-0.2, -0.15) is 0 Å². The Bertz CT molecular complexity index is 828. The minimum Gasteiger partial charge on any atom is -0.496 e. The number of hydrogen-bond donors (Lipinski definition) is 1. The summed E-state index contributed by atoms with van der Waals surface area (Å²) in [6.45, 7) is 0. The van der Waals surface area contributed by atoms with E-state index >= 15 is 0 Å². The lowest BCUT2D eigenvalue weighted by Crippen LogP contribution is -2.24. The van der Waals surface area contributed by atoms with Crippen LogP contribution in [-0.4, -0.2) is 18.9 Å². The molecule has 2 aromatic rings. The number of nitrogens with zero attached hydrogens (tertiary/aromatic N) is 1. The number of ether oxygens (including phenoxy) is 1. The molecule has 0 saturated heterocycles. The van der Waals surface area contributed by atoms with Gasteiger partial charge in [0.1, 0.15) is 17.3 Å². The predicted octanol–water partition coefficient (Wildman–Crippen LogP) is 3.85. The molecule has 0 atom stereocenters. The molecule has 1 aliphatic rings. The van der Waals surface area contributed by atoms with Crippen LogP contribution in [0.5, 0.6) is 5.75 Å². The third-order valence-corrected chi connectivity index (χ3v) is 4.13. The highest BCUT2D eigenvalue weighted by atomic mass is 35.5. The number of amidine groups is 1. The monoisotopic (exact) mass is 340 g/mol. The molecular weight excluding hydrogens is 324 g/mol. The molecule has 0 bridgehead atoms. The average Bonchev–Trinajstić information content (AvgIpc) is 2.94. The third kappa shape index (κ3) is 3.66. The van der Waals surface area contributed by atoms with Crippen LogP contribution < -0.4 is 10.1 Å². The molecule has 1 N–H and O–H groups in total. The first-order chi connectivity index (χ1) is 11.7. The molecule has 0 fully saturated rings. The molecule has 2 aromatic carbocycles.